The van der Waals surface area contributed by atoms with Gasteiger partial charge in [-0.2, -0.15) is 8.75 Å². The van der Waals surface area contributed by atoms with E-state index in [1.165, 1.54) is 48.1 Å². The summed E-state index contributed by atoms with van der Waals surface area (Å²) in [6, 6.07) is 63.6. The number of hydrogen-bond donors (Lipinski definition) is 0. The first-order chi connectivity index (χ1) is 30.4. The number of nitrogens with zero attached hydrogens (tertiary/aromatic N) is 4. The lowest BCUT2D eigenvalue weighted by Crippen LogP contribution is -2.10. The molecular weight excluding hydrogens is 794 g/mol. The number of anilines is 3. The maximum atomic E-state index is 13.9. The molecule has 4 nitrogen and oxygen atoms in total. The number of hydrogen-bond acceptors (Lipinski definition) is 4. The molecule has 9 aromatic carbocycles. The van der Waals surface area contributed by atoms with Crippen molar-refractivity contribution in [2.75, 3.05) is 4.90 Å². The molecule has 0 bridgehead atoms. The van der Waals surface area contributed by atoms with E-state index in [4.69, 9.17) is 8.75 Å². The minimum Gasteiger partial charge on any atom is -0.309 e. The van der Waals surface area contributed by atoms with Gasteiger partial charge in [-0.05, 0) is 148 Å². The molecule has 0 fully saturated rings. The van der Waals surface area contributed by atoms with Crippen molar-refractivity contribution in [3.05, 3.63) is 218 Å². The topological polar surface area (TPSA) is 34.0 Å². The predicted molar refractivity (Wildman–Crippen MR) is 248 cm³/mol. The molecule has 11 aromatic rings. The molecule has 296 valence electrons. The lowest BCUT2D eigenvalue weighted by molar-refractivity contribution is 0.627. The summed E-state index contributed by atoms with van der Waals surface area (Å²) < 4.78 is 53.4. The minimum atomic E-state index is -0.276. The molecule has 0 aliphatic carbocycles. The van der Waals surface area contributed by atoms with Crippen molar-refractivity contribution in [3.8, 4) is 50.2 Å². The fourth-order valence-electron chi connectivity index (χ4n) is 8.45. The van der Waals surface area contributed by atoms with Gasteiger partial charge >= 0.3 is 0 Å². The van der Waals surface area contributed by atoms with E-state index in [0.29, 0.717) is 0 Å². The van der Waals surface area contributed by atoms with Crippen LogP contribution in [0.5, 0.6) is 0 Å². The number of rotatable bonds is 8. The highest BCUT2D eigenvalue weighted by Crippen LogP contribution is 2.43. The first-order valence-electron chi connectivity index (χ1n) is 20.1. The predicted octanol–water partition coefficient (Wildman–Crippen LogP) is 15.3. The van der Waals surface area contributed by atoms with E-state index in [1.807, 2.05) is 18.2 Å². The van der Waals surface area contributed by atoms with Gasteiger partial charge in [-0.25, -0.2) is 13.2 Å². The highest BCUT2D eigenvalue weighted by Gasteiger charge is 2.21. The molecule has 0 radical (unpaired) electrons. The fraction of sp³-hybridized carbons (Fsp3) is 0. The van der Waals surface area contributed by atoms with E-state index in [-0.39, 0.29) is 17.5 Å². The average Bonchev–Trinajstić information content (AvgIpc) is 3.94. The van der Waals surface area contributed by atoms with Gasteiger partial charge in [0.05, 0.1) is 28.4 Å². The van der Waals surface area contributed by atoms with E-state index in [2.05, 4.69) is 119 Å². The van der Waals surface area contributed by atoms with Crippen molar-refractivity contribution in [2.45, 2.75) is 0 Å². The zero-order valence-electron chi connectivity index (χ0n) is 32.9. The van der Waals surface area contributed by atoms with Crippen LogP contribution in [0.15, 0.2) is 200 Å². The molecule has 0 amide bonds. The van der Waals surface area contributed by atoms with Gasteiger partial charge in [-0.15, -0.1) is 0 Å². The molecule has 0 saturated heterocycles. The molecule has 0 aliphatic heterocycles. The van der Waals surface area contributed by atoms with Crippen LogP contribution in [0.3, 0.4) is 0 Å². The van der Waals surface area contributed by atoms with E-state index < -0.39 is 0 Å². The summed E-state index contributed by atoms with van der Waals surface area (Å²) in [6.07, 6.45) is 0. The van der Waals surface area contributed by atoms with Gasteiger partial charge < -0.3 is 9.47 Å². The number of fused-ring (bicyclic) bond motifs is 4. The average molecular weight is 827 g/mol. The van der Waals surface area contributed by atoms with Crippen LogP contribution in [0.2, 0.25) is 0 Å². The van der Waals surface area contributed by atoms with Gasteiger partial charge in [0.1, 0.15) is 28.5 Å². The van der Waals surface area contributed by atoms with Crippen LogP contribution in [0, 0.1) is 17.5 Å². The normalized spacial score (nSPS) is 11.5. The standard InChI is InChI=1S/C54H33F3N4S/c55-41-18-6-34(7-19-41)35-12-24-45(25-13-35)60(44-4-2-1-3-5-44)52-31-28-47(53-54(52)59-62-58-53)38-14-26-46(27-15-38)61-50-29-16-39(36-8-20-42(56)21-9-36)32-48(50)49-33-40(17-30-51(49)61)37-10-22-43(57)23-11-37/h1-33H. The second-order valence-electron chi connectivity index (χ2n) is 15.2. The second kappa shape index (κ2) is 15.3. The van der Waals surface area contributed by atoms with Gasteiger partial charge in [0.15, 0.2) is 0 Å². The number of para-hydroxylation sites is 1. The van der Waals surface area contributed by atoms with Crippen molar-refractivity contribution in [3.63, 3.8) is 0 Å². The molecule has 0 saturated carbocycles. The first-order valence-corrected chi connectivity index (χ1v) is 20.9. The highest BCUT2D eigenvalue weighted by molar-refractivity contribution is 7.00. The Morgan fingerprint density at radius 1 is 0.387 bits per heavy atom. The molecular formula is C54H33F3N4S. The Morgan fingerprint density at radius 2 is 0.823 bits per heavy atom. The summed E-state index contributed by atoms with van der Waals surface area (Å²) in [5, 5.41) is 2.10. The molecule has 0 atom stereocenters. The Hall–Kier alpha value is -7.81. The SMILES string of the molecule is Fc1ccc(-c2ccc(N(c3ccccc3)c3ccc(-c4ccc(-n5c6ccc(-c7ccc(F)cc7)cc6c6cc(-c7ccc(F)cc7)ccc65)cc4)c4nsnc34)cc2)cc1. The van der Waals surface area contributed by atoms with Gasteiger partial charge in [-0.1, -0.05) is 91.0 Å². The molecule has 2 heterocycles. The summed E-state index contributed by atoms with van der Waals surface area (Å²) in [5.74, 6) is -0.814. The monoisotopic (exact) mass is 826 g/mol. The summed E-state index contributed by atoms with van der Waals surface area (Å²) in [5.41, 5.74) is 15.2. The van der Waals surface area contributed by atoms with E-state index in [9.17, 15) is 13.2 Å². The summed E-state index contributed by atoms with van der Waals surface area (Å²) in [7, 11) is 0. The van der Waals surface area contributed by atoms with Crippen LogP contribution in [0.1, 0.15) is 0 Å². The maximum absolute atomic E-state index is 13.9. The Labute approximate surface area is 359 Å². The van der Waals surface area contributed by atoms with Crippen LogP contribution in [0.4, 0.5) is 30.2 Å². The fourth-order valence-corrected chi connectivity index (χ4v) is 9.02. The minimum absolute atomic E-state index is 0.262. The zero-order valence-corrected chi connectivity index (χ0v) is 33.7. The quantitative estimate of drug-likeness (QED) is 0.153. The Balaban J connectivity index is 0.988. The highest BCUT2D eigenvalue weighted by atomic mass is 32.1. The molecule has 0 spiro atoms. The third-order valence-corrected chi connectivity index (χ3v) is 12.0. The molecule has 8 heteroatoms. The van der Waals surface area contributed by atoms with Crippen LogP contribution in [0.25, 0.3) is 83.0 Å². The van der Waals surface area contributed by atoms with Crippen molar-refractivity contribution in [2.24, 2.45) is 0 Å². The molecule has 0 unspecified atom stereocenters. The first kappa shape index (κ1) is 37.2. The molecule has 62 heavy (non-hydrogen) atoms. The molecule has 11 rings (SSSR count). The van der Waals surface area contributed by atoms with Crippen LogP contribution in [-0.2, 0) is 0 Å². The van der Waals surface area contributed by atoms with Crippen molar-refractivity contribution >= 4 is 61.6 Å². The van der Waals surface area contributed by atoms with Crippen LogP contribution in [-0.4, -0.2) is 13.3 Å². The van der Waals surface area contributed by atoms with E-state index in [0.717, 1.165) is 100 Å². The summed E-state index contributed by atoms with van der Waals surface area (Å²) in [4.78, 5) is 2.19. The van der Waals surface area contributed by atoms with Gasteiger partial charge in [0.2, 0.25) is 0 Å². The number of halogens is 3. The van der Waals surface area contributed by atoms with Crippen LogP contribution < -0.4 is 4.90 Å². The second-order valence-corrected chi connectivity index (χ2v) is 15.7. The molecule has 0 N–H and O–H groups in total. The van der Waals surface area contributed by atoms with Gasteiger partial charge in [-0.3, -0.25) is 0 Å². The Kier molecular flexibility index (Phi) is 9.20. The number of benzene rings is 9. The largest absolute Gasteiger partial charge is 0.309 e. The van der Waals surface area contributed by atoms with Gasteiger partial charge in [0.25, 0.3) is 0 Å². The number of aromatic nitrogens is 3. The third-order valence-electron chi connectivity index (χ3n) is 11.5. The van der Waals surface area contributed by atoms with E-state index in [1.54, 1.807) is 36.4 Å². The summed E-state index contributed by atoms with van der Waals surface area (Å²) >= 11 is 1.19. The Morgan fingerprint density at radius 3 is 1.35 bits per heavy atom. The van der Waals surface area contributed by atoms with E-state index >= 15 is 0 Å². The smallest absolute Gasteiger partial charge is 0.129 e. The van der Waals surface area contributed by atoms with Crippen molar-refractivity contribution in [1.29, 1.82) is 0 Å². The zero-order chi connectivity index (χ0) is 41.7. The Bertz CT molecular complexity index is 3300. The van der Waals surface area contributed by atoms with Crippen molar-refractivity contribution in [1.82, 2.24) is 13.3 Å². The molecule has 0 aliphatic rings. The lowest BCUT2D eigenvalue weighted by Gasteiger charge is -2.26. The third kappa shape index (κ3) is 6.67. The van der Waals surface area contributed by atoms with Crippen molar-refractivity contribution < 1.29 is 13.2 Å². The summed E-state index contributed by atoms with van der Waals surface area (Å²) in [6.45, 7) is 0. The van der Waals surface area contributed by atoms with Crippen LogP contribution >= 0.6 is 11.7 Å². The maximum Gasteiger partial charge on any atom is 0.129 e. The molecule has 2 aromatic heterocycles. The lowest BCUT2D eigenvalue weighted by atomic mass is 10.0. The van der Waals surface area contributed by atoms with Gasteiger partial charge in [0, 0.05) is 33.4 Å².